The van der Waals surface area contributed by atoms with Crippen LogP contribution in [0.2, 0.25) is 0 Å². The summed E-state index contributed by atoms with van der Waals surface area (Å²) in [6.07, 6.45) is 2.54. The van der Waals surface area contributed by atoms with E-state index in [1.807, 2.05) is 6.92 Å². The normalized spacial score (nSPS) is 15.7. The Kier molecular flexibility index (Phi) is 7.78. The lowest BCUT2D eigenvalue weighted by Gasteiger charge is -2.29. The first-order chi connectivity index (χ1) is 13.6. The molecule has 0 saturated carbocycles. The van der Waals surface area contributed by atoms with Gasteiger partial charge in [-0.15, -0.1) is 11.3 Å². The molecule has 162 valence electrons. The highest BCUT2D eigenvalue weighted by molar-refractivity contribution is 7.88. The fraction of sp³-hybridized carbons (Fsp3) is 0.611. The number of ether oxygens (including phenoxy) is 2. The van der Waals surface area contributed by atoms with Crippen LogP contribution in [0.1, 0.15) is 51.8 Å². The lowest BCUT2D eigenvalue weighted by molar-refractivity contribution is -0.120. The van der Waals surface area contributed by atoms with Crippen LogP contribution in [0.4, 0.5) is 5.00 Å². The van der Waals surface area contributed by atoms with Gasteiger partial charge in [0.05, 0.1) is 25.5 Å². The summed E-state index contributed by atoms with van der Waals surface area (Å²) < 4.78 is 34.5. The van der Waals surface area contributed by atoms with Gasteiger partial charge in [-0.05, 0) is 31.7 Å². The number of nitrogens with one attached hydrogen (secondary N) is 1. The molecule has 0 bridgehead atoms. The van der Waals surface area contributed by atoms with E-state index in [1.165, 1.54) is 11.4 Å². The summed E-state index contributed by atoms with van der Waals surface area (Å²) in [7, 11) is -2.04. The Balaban J connectivity index is 2.21. The van der Waals surface area contributed by atoms with Crippen molar-refractivity contribution in [3.63, 3.8) is 0 Å². The zero-order valence-corrected chi connectivity index (χ0v) is 18.6. The number of amides is 1. The van der Waals surface area contributed by atoms with Gasteiger partial charge in [0.25, 0.3) is 0 Å². The number of esters is 2. The number of sulfonamides is 1. The number of carbonyl (C=O) groups is 3. The molecule has 1 N–H and O–H groups in total. The molecule has 1 aliphatic heterocycles. The number of piperidine rings is 1. The van der Waals surface area contributed by atoms with Crippen molar-refractivity contribution in [3.05, 3.63) is 16.0 Å². The number of methoxy groups -OCH3 is 1. The maximum Gasteiger partial charge on any atom is 0.348 e. The van der Waals surface area contributed by atoms with Gasteiger partial charge < -0.3 is 14.8 Å². The SMILES string of the molecule is CCCOC(=O)c1c(NC(=O)C2CCN(S(C)(=O)=O)CC2)sc(C(=O)OC)c1C. The third-order valence-corrected chi connectivity index (χ3v) is 7.18. The number of nitrogens with zero attached hydrogens (tertiary/aromatic N) is 1. The van der Waals surface area contributed by atoms with Gasteiger partial charge in [-0.3, -0.25) is 4.79 Å². The van der Waals surface area contributed by atoms with Gasteiger partial charge in [0, 0.05) is 19.0 Å². The smallest absolute Gasteiger partial charge is 0.348 e. The molecule has 0 unspecified atom stereocenters. The Morgan fingerprint density at radius 3 is 2.34 bits per heavy atom. The standard InChI is InChI=1S/C18H26N2O7S2/c1-5-10-27-17(22)13-11(2)14(18(23)26-3)28-16(13)19-15(21)12-6-8-20(9-7-12)29(4,24)25/h12H,5-10H2,1-4H3,(H,19,21). The fourth-order valence-corrected chi connectivity index (χ4v) is 5.06. The van der Waals surface area contributed by atoms with Gasteiger partial charge in [0.2, 0.25) is 15.9 Å². The minimum atomic E-state index is -3.28. The van der Waals surface area contributed by atoms with E-state index in [-0.39, 0.29) is 41.0 Å². The zero-order chi connectivity index (χ0) is 21.8. The largest absolute Gasteiger partial charge is 0.465 e. The van der Waals surface area contributed by atoms with E-state index >= 15 is 0 Å². The minimum absolute atomic E-state index is 0.144. The summed E-state index contributed by atoms with van der Waals surface area (Å²) in [5, 5.41) is 2.97. The van der Waals surface area contributed by atoms with Crippen LogP contribution in [0.15, 0.2) is 0 Å². The van der Waals surface area contributed by atoms with Crippen LogP contribution in [-0.2, 0) is 24.3 Å². The van der Waals surface area contributed by atoms with Gasteiger partial charge in [-0.1, -0.05) is 6.92 Å². The molecule has 29 heavy (non-hydrogen) atoms. The van der Waals surface area contributed by atoms with E-state index in [0.29, 0.717) is 24.8 Å². The summed E-state index contributed by atoms with van der Waals surface area (Å²) in [6, 6.07) is 0. The van der Waals surface area contributed by atoms with E-state index in [9.17, 15) is 22.8 Å². The lowest BCUT2D eigenvalue weighted by Crippen LogP contribution is -2.40. The molecule has 0 atom stereocenters. The second-order valence-corrected chi connectivity index (χ2v) is 9.82. The van der Waals surface area contributed by atoms with E-state index in [2.05, 4.69) is 5.32 Å². The first kappa shape index (κ1) is 23.3. The van der Waals surface area contributed by atoms with E-state index in [4.69, 9.17) is 9.47 Å². The van der Waals surface area contributed by atoms with Gasteiger partial charge in [0.1, 0.15) is 9.88 Å². The van der Waals surface area contributed by atoms with Crippen molar-refractivity contribution in [2.45, 2.75) is 33.1 Å². The van der Waals surface area contributed by atoms with Crippen LogP contribution in [0.5, 0.6) is 0 Å². The third kappa shape index (κ3) is 5.55. The first-order valence-corrected chi connectivity index (χ1v) is 11.9. The Morgan fingerprint density at radius 1 is 1.21 bits per heavy atom. The third-order valence-electron chi connectivity index (χ3n) is 4.69. The second kappa shape index (κ2) is 9.68. The highest BCUT2D eigenvalue weighted by atomic mass is 32.2. The molecule has 9 nitrogen and oxygen atoms in total. The number of thiophene rings is 1. The Morgan fingerprint density at radius 2 is 1.83 bits per heavy atom. The van der Waals surface area contributed by atoms with Gasteiger partial charge in [-0.25, -0.2) is 22.3 Å². The average Bonchev–Trinajstić information content (AvgIpc) is 3.00. The summed E-state index contributed by atoms with van der Waals surface area (Å²) in [5.74, 6) is -1.92. The maximum atomic E-state index is 12.7. The van der Waals surface area contributed by atoms with Gasteiger partial charge in [-0.2, -0.15) is 0 Å². The first-order valence-electron chi connectivity index (χ1n) is 9.24. The molecule has 2 rings (SSSR count). The molecule has 1 aromatic rings. The molecule has 0 radical (unpaired) electrons. The predicted molar refractivity (Wildman–Crippen MR) is 109 cm³/mol. The fourth-order valence-electron chi connectivity index (χ4n) is 3.07. The van der Waals surface area contributed by atoms with Crippen molar-refractivity contribution in [1.29, 1.82) is 0 Å². The lowest BCUT2D eigenvalue weighted by atomic mass is 9.97. The van der Waals surface area contributed by atoms with Crippen LogP contribution in [0.3, 0.4) is 0 Å². The van der Waals surface area contributed by atoms with E-state index in [1.54, 1.807) is 6.92 Å². The Hall–Kier alpha value is -1.98. The number of hydrogen-bond acceptors (Lipinski definition) is 8. The summed E-state index contributed by atoms with van der Waals surface area (Å²) >= 11 is 0.964. The number of carbonyl (C=O) groups excluding carboxylic acids is 3. The zero-order valence-electron chi connectivity index (χ0n) is 16.9. The number of hydrogen-bond donors (Lipinski definition) is 1. The topological polar surface area (TPSA) is 119 Å². The monoisotopic (exact) mass is 446 g/mol. The quantitative estimate of drug-likeness (QED) is 0.636. The molecule has 0 spiro atoms. The molecule has 0 aliphatic carbocycles. The Labute approximate surface area is 174 Å². The van der Waals surface area contributed by atoms with Crippen molar-refractivity contribution in [1.82, 2.24) is 4.31 Å². The second-order valence-electron chi connectivity index (χ2n) is 6.81. The van der Waals surface area contributed by atoms with Crippen molar-refractivity contribution >= 4 is 44.2 Å². The van der Waals surface area contributed by atoms with E-state index in [0.717, 1.165) is 17.6 Å². The summed E-state index contributed by atoms with van der Waals surface area (Å²) in [5.41, 5.74) is 0.538. The molecule has 1 aliphatic rings. The van der Waals surface area contributed by atoms with Crippen molar-refractivity contribution < 1.29 is 32.3 Å². The summed E-state index contributed by atoms with van der Waals surface area (Å²) in [4.78, 5) is 37.5. The molecule has 1 aromatic heterocycles. The van der Waals surface area contributed by atoms with Gasteiger partial charge in [0.15, 0.2) is 0 Å². The van der Waals surface area contributed by atoms with Crippen LogP contribution in [0, 0.1) is 12.8 Å². The van der Waals surface area contributed by atoms with Crippen molar-refractivity contribution in [2.75, 3.05) is 38.4 Å². The molecule has 0 aromatic carbocycles. The molecule has 1 amide bonds. The molecule has 1 fully saturated rings. The molecule has 1 saturated heterocycles. The average molecular weight is 447 g/mol. The molecule has 11 heteroatoms. The molecular formula is C18H26N2O7S2. The van der Waals surface area contributed by atoms with Crippen molar-refractivity contribution in [2.24, 2.45) is 5.92 Å². The van der Waals surface area contributed by atoms with Crippen LogP contribution >= 0.6 is 11.3 Å². The highest BCUT2D eigenvalue weighted by Gasteiger charge is 2.32. The maximum absolute atomic E-state index is 12.7. The highest BCUT2D eigenvalue weighted by Crippen LogP contribution is 2.35. The molecular weight excluding hydrogens is 420 g/mol. The number of anilines is 1. The van der Waals surface area contributed by atoms with Crippen LogP contribution in [0.25, 0.3) is 0 Å². The predicted octanol–water partition coefficient (Wildman–Crippen LogP) is 2.02. The van der Waals surface area contributed by atoms with Gasteiger partial charge >= 0.3 is 11.9 Å². The number of rotatable bonds is 7. The summed E-state index contributed by atoms with van der Waals surface area (Å²) in [6.45, 7) is 4.21. The minimum Gasteiger partial charge on any atom is -0.465 e. The Bertz CT molecular complexity index is 884. The van der Waals surface area contributed by atoms with E-state index < -0.39 is 27.9 Å². The molecule has 2 heterocycles. The van der Waals surface area contributed by atoms with Crippen LogP contribution in [-0.4, -0.2) is 63.6 Å². The van der Waals surface area contributed by atoms with Crippen molar-refractivity contribution in [3.8, 4) is 0 Å². The van der Waals surface area contributed by atoms with Crippen LogP contribution < -0.4 is 5.32 Å².